The van der Waals surface area contributed by atoms with E-state index in [4.69, 9.17) is 0 Å². The Kier molecular flexibility index (Phi) is 13.2. The average Bonchev–Trinajstić information content (AvgIpc) is 2.71. The number of aliphatic imine (C=N–C) groups is 1. The van der Waals surface area contributed by atoms with E-state index in [9.17, 15) is 13.6 Å². The van der Waals surface area contributed by atoms with Crippen LogP contribution in [-0.4, -0.2) is 26.1 Å². The zero-order chi connectivity index (χ0) is 20.7. The number of nitrogens with one attached hydrogen (secondary N) is 1. The van der Waals surface area contributed by atoms with Crippen LogP contribution >= 0.6 is 0 Å². The van der Waals surface area contributed by atoms with Crippen LogP contribution in [0.5, 0.6) is 0 Å². The third kappa shape index (κ3) is 10.2. The molecule has 3 nitrogen and oxygen atoms in total. The van der Waals surface area contributed by atoms with E-state index in [1.165, 1.54) is 11.6 Å². The SMILES string of the molecule is C/C=C(/C=O)C=NCC1=CCC(C)C=C1.CC.CNc1ccc(F)c(F)c1. The molecule has 0 aromatic heterocycles. The number of nitrogens with zero attached hydrogens (tertiary/aromatic N) is 1. The first-order valence-electron chi connectivity index (χ1n) is 9.11. The highest BCUT2D eigenvalue weighted by Crippen LogP contribution is 2.15. The van der Waals surface area contributed by atoms with Gasteiger partial charge in [0.05, 0.1) is 6.54 Å². The van der Waals surface area contributed by atoms with E-state index < -0.39 is 11.6 Å². The van der Waals surface area contributed by atoms with Crippen LogP contribution in [-0.2, 0) is 4.79 Å². The zero-order valence-electron chi connectivity index (χ0n) is 16.8. The van der Waals surface area contributed by atoms with Crippen molar-refractivity contribution in [2.45, 2.75) is 34.1 Å². The van der Waals surface area contributed by atoms with Gasteiger partial charge in [0.1, 0.15) is 0 Å². The highest BCUT2D eigenvalue weighted by molar-refractivity contribution is 6.01. The zero-order valence-corrected chi connectivity index (χ0v) is 16.8. The van der Waals surface area contributed by atoms with Crippen LogP contribution in [0.4, 0.5) is 14.5 Å². The van der Waals surface area contributed by atoms with Gasteiger partial charge >= 0.3 is 0 Å². The Bertz CT molecular complexity index is 692. The lowest BCUT2D eigenvalue weighted by Crippen LogP contribution is -1.97. The number of carbonyl (C=O) groups is 1. The molecule has 0 bridgehead atoms. The first-order chi connectivity index (χ1) is 13.0. The van der Waals surface area contributed by atoms with Crippen molar-refractivity contribution < 1.29 is 13.6 Å². The third-order valence-electron chi connectivity index (χ3n) is 3.58. The van der Waals surface area contributed by atoms with Crippen LogP contribution in [0.25, 0.3) is 0 Å². The third-order valence-corrected chi connectivity index (χ3v) is 3.58. The number of hydrogen-bond donors (Lipinski definition) is 1. The molecule has 0 heterocycles. The largest absolute Gasteiger partial charge is 0.388 e. The molecule has 1 atom stereocenters. The molecule has 0 amide bonds. The molecule has 0 saturated heterocycles. The Morgan fingerprint density at radius 1 is 1.30 bits per heavy atom. The van der Waals surface area contributed by atoms with Gasteiger partial charge in [-0.3, -0.25) is 9.79 Å². The van der Waals surface area contributed by atoms with Gasteiger partial charge in [-0.25, -0.2) is 8.78 Å². The number of aldehydes is 1. The predicted octanol–water partition coefficient (Wildman–Crippen LogP) is 5.76. The number of anilines is 1. The van der Waals surface area contributed by atoms with Crippen LogP contribution in [0, 0.1) is 17.6 Å². The molecule has 27 heavy (non-hydrogen) atoms. The monoisotopic (exact) mass is 376 g/mol. The fourth-order valence-electron chi connectivity index (χ4n) is 1.97. The van der Waals surface area contributed by atoms with Gasteiger partial charge in [0.2, 0.25) is 0 Å². The summed E-state index contributed by atoms with van der Waals surface area (Å²) in [5.74, 6) is -1.01. The van der Waals surface area contributed by atoms with Crippen LogP contribution < -0.4 is 5.32 Å². The summed E-state index contributed by atoms with van der Waals surface area (Å²) in [5.41, 5.74) is 2.42. The summed E-state index contributed by atoms with van der Waals surface area (Å²) in [4.78, 5) is 14.7. The second kappa shape index (κ2) is 14.6. The van der Waals surface area contributed by atoms with Crippen molar-refractivity contribution in [2.75, 3.05) is 18.9 Å². The van der Waals surface area contributed by atoms with Crippen molar-refractivity contribution in [2.24, 2.45) is 10.9 Å². The van der Waals surface area contributed by atoms with Crippen LogP contribution in [0.2, 0.25) is 0 Å². The summed E-state index contributed by atoms with van der Waals surface area (Å²) in [5, 5.41) is 2.69. The molecule has 1 aromatic rings. The molecular formula is C22H30F2N2O. The lowest BCUT2D eigenvalue weighted by atomic mass is 9.99. The summed E-state index contributed by atoms with van der Waals surface area (Å²) < 4.78 is 24.6. The van der Waals surface area contributed by atoms with Gasteiger partial charge in [-0.1, -0.05) is 45.1 Å². The first-order valence-corrected chi connectivity index (χ1v) is 9.11. The minimum atomic E-state index is -0.827. The first kappa shape index (κ1) is 24.4. The molecule has 0 aliphatic heterocycles. The molecule has 1 N–H and O–H groups in total. The molecule has 1 aliphatic carbocycles. The molecule has 148 valence electrons. The van der Waals surface area contributed by atoms with Crippen LogP contribution in [0.15, 0.2) is 58.6 Å². The minimum absolute atomic E-state index is 0.568. The van der Waals surface area contributed by atoms with Crippen molar-refractivity contribution in [1.82, 2.24) is 0 Å². The van der Waals surface area contributed by atoms with Gasteiger partial charge in [-0.2, -0.15) is 0 Å². The molecule has 1 aliphatic rings. The van der Waals surface area contributed by atoms with Gasteiger partial charge in [0.15, 0.2) is 17.9 Å². The fourth-order valence-corrected chi connectivity index (χ4v) is 1.97. The molecule has 0 radical (unpaired) electrons. The van der Waals surface area contributed by atoms with E-state index in [0.717, 1.165) is 24.8 Å². The van der Waals surface area contributed by atoms with E-state index in [1.807, 2.05) is 20.8 Å². The van der Waals surface area contributed by atoms with E-state index in [1.54, 1.807) is 19.3 Å². The topological polar surface area (TPSA) is 41.5 Å². The maximum absolute atomic E-state index is 12.4. The standard InChI is InChI=1S/C13H17NO.C7H7F2N.C2H6/c1-3-12(10-15)8-14-9-13-6-4-11(2)5-7-13;1-10-5-2-3-6(8)7(9)4-5;1-2/h3-4,6-8,10-11H,5,9H2,1-2H3;2-4,10H,1H3;1-2H3/b12-3+,14-8?;;. The Labute approximate surface area is 161 Å². The van der Waals surface area contributed by atoms with Gasteiger partial charge in [-0.15, -0.1) is 0 Å². The lowest BCUT2D eigenvalue weighted by Gasteiger charge is -2.09. The van der Waals surface area contributed by atoms with Gasteiger partial charge < -0.3 is 5.32 Å². The van der Waals surface area contributed by atoms with Crippen molar-refractivity contribution in [3.63, 3.8) is 0 Å². The normalized spacial score (nSPS) is 15.9. The lowest BCUT2D eigenvalue weighted by molar-refractivity contribution is -0.104. The predicted molar refractivity (Wildman–Crippen MR) is 111 cm³/mol. The molecule has 1 aromatic carbocycles. The summed E-state index contributed by atoms with van der Waals surface area (Å²) in [6.07, 6.45) is 11.8. The maximum Gasteiger partial charge on any atom is 0.160 e. The summed E-state index contributed by atoms with van der Waals surface area (Å²) in [6.45, 7) is 8.68. The molecule has 2 rings (SSSR count). The Balaban J connectivity index is 0.000000488. The second-order valence-electron chi connectivity index (χ2n) is 5.61. The molecular weight excluding hydrogens is 346 g/mol. The van der Waals surface area contributed by atoms with Crippen LogP contribution in [0.3, 0.4) is 0 Å². The molecule has 5 heteroatoms. The van der Waals surface area contributed by atoms with Crippen molar-refractivity contribution in [1.29, 1.82) is 0 Å². The smallest absolute Gasteiger partial charge is 0.160 e. The minimum Gasteiger partial charge on any atom is -0.388 e. The molecule has 0 fully saturated rings. The Morgan fingerprint density at radius 2 is 2.00 bits per heavy atom. The fraction of sp³-hybridized carbons (Fsp3) is 0.364. The van der Waals surface area contributed by atoms with Crippen molar-refractivity contribution in [3.05, 3.63) is 65.3 Å². The highest BCUT2D eigenvalue weighted by Gasteiger charge is 2.02. The molecule has 0 spiro atoms. The van der Waals surface area contributed by atoms with E-state index in [-0.39, 0.29) is 0 Å². The molecule has 0 saturated carbocycles. The van der Waals surface area contributed by atoms with Crippen molar-refractivity contribution >= 4 is 18.2 Å². The summed E-state index contributed by atoms with van der Waals surface area (Å²) >= 11 is 0. The highest BCUT2D eigenvalue weighted by atomic mass is 19.2. The number of halogens is 2. The maximum atomic E-state index is 12.4. The second-order valence-corrected chi connectivity index (χ2v) is 5.61. The number of carbonyl (C=O) groups excluding carboxylic acids is 1. The van der Waals surface area contributed by atoms with Crippen LogP contribution in [0.1, 0.15) is 34.1 Å². The van der Waals surface area contributed by atoms with E-state index in [2.05, 4.69) is 35.5 Å². The van der Waals surface area contributed by atoms with Crippen molar-refractivity contribution in [3.8, 4) is 0 Å². The summed E-state index contributed by atoms with van der Waals surface area (Å²) in [6, 6.07) is 3.66. The van der Waals surface area contributed by atoms with Gasteiger partial charge in [0, 0.05) is 24.5 Å². The number of allylic oxidation sites excluding steroid dienone is 4. The Morgan fingerprint density at radius 3 is 2.48 bits per heavy atom. The Hall–Kier alpha value is -2.56. The quantitative estimate of drug-likeness (QED) is 0.403. The number of rotatable bonds is 5. The molecule has 1 unspecified atom stereocenters. The van der Waals surface area contributed by atoms with Gasteiger partial charge in [-0.05, 0) is 43.0 Å². The number of benzene rings is 1. The number of hydrogen-bond acceptors (Lipinski definition) is 3. The van der Waals surface area contributed by atoms with E-state index >= 15 is 0 Å². The van der Waals surface area contributed by atoms with E-state index in [0.29, 0.717) is 23.7 Å². The van der Waals surface area contributed by atoms with Gasteiger partial charge in [0.25, 0.3) is 0 Å². The average molecular weight is 376 g/mol. The summed E-state index contributed by atoms with van der Waals surface area (Å²) in [7, 11) is 1.65.